The number of aromatic nitrogens is 4. The van der Waals surface area contributed by atoms with Gasteiger partial charge in [-0.3, -0.25) is 9.48 Å². The van der Waals surface area contributed by atoms with Crippen LogP contribution in [0.2, 0.25) is 0 Å². The van der Waals surface area contributed by atoms with Gasteiger partial charge in [-0.2, -0.15) is 18.3 Å². The second-order valence-electron chi connectivity index (χ2n) is 7.55. The molecule has 1 aliphatic rings. The summed E-state index contributed by atoms with van der Waals surface area (Å²) in [6, 6.07) is 4.66. The molecule has 31 heavy (non-hydrogen) atoms. The molecule has 0 radical (unpaired) electrons. The molecule has 0 aliphatic heterocycles. The highest BCUT2D eigenvalue weighted by Crippen LogP contribution is 2.34. The Balaban J connectivity index is 1.50. The largest absolute Gasteiger partial charge is 0.433 e. The van der Waals surface area contributed by atoms with Crippen LogP contribution in [-0.2, 0) is 11.0 Å². The minimum Gasteiger partial charge on any atom is -0.382 e. The fourth-order valence-electron chi connectivity index (χ4n) is 3.59. The van der Waals surface area contributed by atoms with E-state index in [2.05, 4.69) is 20.4 Å². The molecule has 3 aromatic heterocycles. The zero-order chi connectivity index (χ0) is 22.2. The molecule has 11 heteroatoms. The van der Waals surface area contributed by atoms with Crippen molar-refractivity contribution in [3.8, 4) is 0 Å². The molecule has 3 aromatic rings. The van der Waals surface area contributed by atoms with E-state index in [0.29, 0.717) is 42.9 Å². The molecule has 0 atom stereocenters. The van der Waals surface area contributed by atoms with Crippen LogP contribution in [-0.4, -0.2) is 42.6 Å². The van der Waals surface area contributed by atoms with E-state index in [1.54, 1.807) is 16.9 Å². The van der Waals surface area contributed by atoms with Gasteiger partial charge < -0.3 is 15.2 Å². The van der Waals surface area contributed by atoms with Gasteiger partial charge in [0.25, 0.3) is 5.91 Å². The van der Waals surface area contributed by atoms with Crippen LogP contribution in [0, 0.1) is 0 Å². The molecule has 0 spiro atoms. The standard InChI is InChI=1S/C20H18F3N5O3/c21-20(22,23)16-3-1-2-14(25-16)18(30)26-17-8-12-10-28(27-15(12)9-24-17)13-4-6-19(31,11-29)7-5-13/h1-3,8-11,13,31H,4-7H2,(H,26,30)/t13-,19+. The molecule has 0 saturated heterocycles. The van der Waals surface area contributed by atoms with Gasteiger partial charge in [-0.15, -0.1) is 0 Å². The van der Waals surface area contributed by atoms with Gasteiger partial charge in [-0.1, -0.05) is 6.07 Å². The third kappa shape index (κ3) is 4.41. The van der Waals surface area contributed by atoms with Crippen LogP contribution in [0.3, 0.4) is 0 Å². The van der Waals surface area contributed by atoms with Crippen LogP contribution in [0.1, 0.15) is 47.9 Å². The molecule has 1 amide bonds. The molecule has 2 N–H and O–H groups in total. The first-order chi connectivity index (χ1) is 14.7. The Bertz CT molecular complexity index is 1140. The summed E-state index contributed by atoms with van der Waals surface area (Å²) in [4.78, 5) is 30.8. The number of nitrogens with one attached hydrogen (secondary N) is 1. The van der Waals surface area contributed by atoms with Crippen LogP contribution < -0.4 is 5.32 Å². The van der Waals surface area contributed by atoms with Gasteiger partial charge in [0.1, 0.15) is 28.3 Å². The Labute approximate surface area is 174 Å². The quantitative estimate of drug-likeness (QED) is 0.612. The average molecular weight is 433 g/mol. The zero-order valence-corrected chi connectivity index (χ0v) is 16.1. The zero-order valence-electron chi connectivity index (χ0n) is 16.1. The maximum atomic E-state index is 12.8. The summed E-state index contributed by atoms with van der Waals surface area (Å²) in [5.41, 5.74) is -2.23. The summed E-state index contributed by atoms with van der Waals surface area (Å²) < 4.78 is 40.2. The minimum atomic E-state index is -4.65. The van der Waals surface area contributed by atoms with Crippen molar-refractivity contribution < 1.29 is 27.9 Å². The molecule has 0 aromatic carbocycles. The fourth-order valence-corrected chi connectivity index (χ4v) is 3.59. The Morgan fingerprint density at radius 3 is 2.71 bits per heavy atom. The van der Waals surface area contributed by atoms with Crippen LogP contribution in [0.4, 0.5) is 19.0 Å². The Hall–Kier alpha value is -3.34. The number of halogens is 3. The van der Waals surface area contributed by atoms with E-state index in [9.17, 15) is 27.9 Å². The first-order valence-electron chi connectivity index (χ1n) is 9.56. The van der Waals surface area contributed by atoms with Crippen LogP contribution in [0.5, 0.6) is 0 Å². The second-order valence-corrected chi connectivity index (χ2v) is 7.55. The number of fused-ring (bicyclic) bond motifs is 1. The molecule has 162 valence electrons. The first-order valence-corrected chi connectivity index (χ1v) is 9.56. The number of carbonyl (C=O) groups excluding carboxylic acids is 2. The highest BCUT2D eigenvalue weighted by atomic mass is 19.4. The Morgan fingerprint density at radius 1 is 1.29 bits per heavy atom. The van der Waals surface area contributed by atoms with Gasteiger partial charge in [0.05, 0.1) is 12.2 Å². The number of amides is 1. The number of rotatable bonds is 4. The lowest BCUT2D eigenvalue weighted by atomic mass is 9.83. The highest BCUT2D eigenvalue weighted by molar-refractivity contribution is 6.03. The maximum absolute atomic E-state index is 12.8. The molecule has 1 aliphatic carbocycles. The fraction of sp³-hybridized carbons (Fsp3) is 0.350. The number of hydrogen-bond donors (Lipinski definition) is 2. The maximum Gasteiger partial charge on any atom is 0.433 e. The van der Waals surface area contributed by atoms with Crippen LogP contribution in [0.25, 0.3) is 10.9 Å². The van der Waals surface area contributed by atoms with Crippen molar-refractivity contribution in [1.29, 1.82) is 0 Å². The minimum absolute atomic E-state index is 0.0139. The molecule has 0 unspecified atom stereocenters. The monoisotopic (exact) mass is 433 g/mol. The van der Waals surface area contributed by atoms with Crippen LogP contribution >= 0.6 is 0 Å². The van der Waals surface area contributed by atoms with Crippen LogP contribution in [0.15, 0.2) is 36.7 Å². The third-order valence-electron chi connectivity index (χ3n) is 5.34. The van der Waals surface area contributed by atoms with E-state index in [1.807, 2.05) is 0 Å². The van der Waals surface area contributed by atoms with E-state index in [0.717, 1.165) is 12.1 Å². The van der Waals surface area contributed by atoms with Gasteiger partial charge in [0.15, 0.2) is 6.29 Å². The molecular formula is C20H18F3N5O3. The molecule has 0 bridgehead atoms. The average Bonchev–Trinajstić information content (AvgIpc) is 3.17. The summed E-state index contributed by atoms with van der Waals surface area (Å²) in [6.45, 7) is 0. The van der Waals surface area contributed by atoms with Gasteiger partial charge in [0, 0.05) is 11.6 Å². The molecule has 3 heterocycles. The van der Waals surface area contributed by atoms with Gasteiger partial charge in [-0.25, -0.2) is 9.97 Å². The van der Waals surface area contributed by atoms with Crippen molar-refractivity contribution in [2.45, 2.75) is 43.5 Å². The number of carbonyl (C=O) groups is 2. The molecule has 8 nitrogen and oxygen atoms in total. The van der Waals surface area contributed by atoms with Gasteiger partial charge >= 0.3 is 6.18 Å². The summed E-state index contributed by atoms with van der Waals surface area (Å²) in [7, 11) is 0. The van der Waals surface area contributed by atoms with Gasteiger partial charge in [-0.05, 0) is 43.9 Å². The molecule has 4 rings (SSSR count). The summed E-state index contributed by atoms with van der Waals surface area (Å²) in [5.74, 6) is -0.666. The number of nitrogens with zero attached hydrogens (tertiary/aromatic N) is 4. The number of alkyl halides is 3. The number of aliphatic hydroxyl groups is 1. The first kappa shape index (κ1) is 20.9. The van der Waals surface area contributed by atoms with Crippen molar-refractivity contribution in [2.75, 3.05) is 5.32 Å². The predicted molar refractivity (Wildman–Crippen MR) is 103 cm³/mol. The lowest BCUT2D eigenvalue weighted by Crippen LogP contribution is -2.36. The van der Waals surface area contributed by atoms with Crippen molar-refractivity contribution in [3.63, 3.8) is 0 Å². The van der Waals surface area contributed by atoms with E-state index >= 15 is 0 Å². The SMILES string of the molecule is O=C[C@]1(O)CC[C@@H](n2cc3cc(NC(=O)c4cccc(C(F)(F)F)n4)ncc3n2)CC1. The number of pyridine rings is 2. The number of hydrogen-bond acceptors (Lipinski definition) is 6. The normalized spacial score (nSPS) is 21.7. The number of anilines is 1. The van der Waals surface area contributed by atoms with Crippen molar-refractivity contribution >= 4 is 28.9 Å². The molecule has 1 fully saturated rings. The van der Waals surface area contributed by atoms with Crippen molar-refractivity contribution in [3.05, 3.63) is 48.0 Å². The summed E-state index contributed by atoms with van der Waals surface area (Å²) in [5, 5.41) is 17.6. The van der Waals surface area contributed by atoms with E-state index in [1.165, 1.54) is 12.3 Å². The second kappa shape index (κ2) is 7.73. The highest BCUT2D eigenvalue weighted by Gasteiger charge is 2.34. The van der Waals surface area contributed by atoms with Crippen molar-refractivity contribution in [1.82, 2.24) is 19.7 Å². The third-order valence-corrected chi connectivity index (χ3v) is 5.34. The molecular weight excluding hydrogens is 415 g/mol. The topological polar surface area (TPSA) is 110 Å². The summed E-state index contributed by atoms with van der Waals surface area (Å²) in [6.07, 6.45) is 1.02. The van der Waals surface area contributed by atoms with Crippen molar-refractivity contribution in [2.24, 2.45) is 0 Å². The Morgan fingerprint density at radius 2 is 2.03 bits per heavy atom. The Kier molecular flexibility index (Phi) is 5.21. The van der Waals surface area contributed by atoms with E-state index in [-0.39, 0.29) is 17.6 Å². The predicted octanol–water partition coefficient (Wildman–Crippen LogP) is 3.14. The van der Waals surface area contributed by atoms with Gasteiger partial charge in [0.2, 0.25) is 0 Å². The lowest BCUT2D eigenvalue weighted by molar-refractivity contribution is -0.141. The smallest absolute Gasteiger partial charge is 0.382 e. The van der Waals surface area contributed by atoms with E-state index in [4.69, 9.17) is 0 Å². The molecule has 1 saturated carbocycles. The lowest BCUT2D eigenvalue weighted by Gasteiger charge is -2.31. The van der Waals surface area contributed by atoms with E-state index < -0.39 is 23.4 Å². The summed E-state index contributed by atoms with van der Waals surface area (Å²) >= 11 is 0. The number of aldehydes is 1.